The smallest absolute Gasteiger partial charge is 0.423 e. The Hall–Kier alpha value is -1.92. The van der Waals surface area contributed by atoms with Gasteiger partial charge in [-0.2, -0.15) is 0 Å². The lowest BCUT2D eigenvalue weighted by Crippen LogP contribution is -2.33. The van der Waals surface area contributed by atoms with Crippen LogP contribution < -0.4 is 10.4 Å². The molecule has 2 rings (SSSR count). The first-order valence-electron chi connectivity index (χ1n) is 6.08. The molecule has 0 aromatic heterocycles. The number of hydrogen-bond donors (Lipinski definition) is 2. The summed E-state index contributed by atoms with van der Waals surface area (Å²) < 4.78 is 26.2. The lowest BCUT2D eigenvalue weighted by molar-refractivity contribution is 0.423. The molecule has 3 nitrogen and oxygen atoms in total. The highest BCUT2D eigenvalue weighted by Gasteiger charge is 2.17. The Kier molecular flexibility index (Phi) is 4.37. The van der Waals surface area contributed by atoms with Gasteiger partial charge in [-0.15, -0.1) is 0 Å². The Labute approximate surface area is 116 Å². The monoisotopic (exact) mass is 277 g/mol. The van der Waals surface area contributed by atoms with Gasteiger partial charge in [0.05, 0.1) is 0 Å². The molecule has 2 aromatic rings. The average Bonchev–Trinajstić information content (AvgIpc) is 2.41. The molecule has 2 N–H and O–H groups in total. The minimum Gasteiger partial charge on any atom is -0.423 e. The number of benzene rings is 2. The lowest BCUT2D eigenvalue weighted by atomic mass is 9.79. The fourth-order valence-corrected chi connectivity index (χ4v) is 1.95. The van der Waals surface area contributed by atoms with Crippen LogP contribution in [0.5, 0.6) is 0 Å². The molecule has 0 heterocycles. The van der Waals surface area contributed by atoms with E-state index in [9.17, 15) is 8.78 Å². The molecular formula is C14H14BF2NO2. The van der Waals surface area contributed by atoms with E-state index in [-0.39, 0.29) is 11.3 Å². The second-order valence-electron chi connectivity index (χ2n) is 4.56. The standard InChI is InChI=1S/C14H14BF2NO2/c1-18(12-5-3-11(16)4-6-12)9-10-2-7-14(17)13(8-10)15(19)20/h2-8,19-20H,9H2,1H3. The van der Waals surface area contributed by atoms with Crippen molar-refractivity contribution in [3.63, 3.8) is 0 Å². The van der Waals surface area contributed by atoms with Gasteiger partial charge in [-0.25, -0.2) is 8.78 Å². The van der Waals surface area contributed by atoms with Crippen LogP contribution in [0.2, 0.25) is 0 Å². The molecule has 0 saturated carbocycles. The number of rotatable bonds is 4. The fourth-order valence-electron chi connectivity index (χ4n) is 1.95. The van der Waals surface area contributed by atoms with Crippen LogP contribution in [0.15, 0.2) is 42.5 Å². The summed E-state index contributed by atoms with van der Waals surface area (Å²) in [5.41, 5.74) is 1.37. The molecule has 0 atom stereocenters. The molecule has 2 aromatic carbocycles. The molecule has 0 aliphatic heterocycles. The normalized spacial score (nSPS) is 10.4. The summed E-state index contributed by atoms with van der Waals surface area (Å²) >= 11 is 0. The van der Waals surface area contributed by atoms with Gasteiger partial charge in [-0.05, 0) is 35.9 Å². The van der Waals surface area contributed by atoms with Gasteiger partial charge in [0.25, 0.3) is 0 Å². The molecule has 0 aliphatic rings. The van der Waals surface area contributed by atoms with E-state index in [2.05, 4.69) is 0 Å². The third-order valence-electron chi connectivity index (χ3n) is 3.03. The molecule has 0 unspecified atom stereocenters. The number of anilines is 1. The van der Waals surface area contributed by atoms with Gasteiger partial charge >= 0.3 is 7.12 Å². The summed E-state index contributed by atoms with van der Waals surface area (Å²) in [5.74, 6) is -0.970. The highest BCUT2D eigenvalue weighted by Crippen LogP contribution is 2.16. The van der Waals surface area contributed by atoms with E-state index in [0.29, 0.717) is 6.54 Å². The first-order chi connectivity index (χ1) is 9.47. The third kappa shape index (κ3) is 3.34. The summed E-state index contributed by atoms with van der Waals surface area (Å²) in [7, 11) is -0.0304. The molecule has 0 saturated heterocycles. The van der Waals surface area contributed by atoms with Gasteiger partial charge < -0.3 is 14.9 Å². The van der Waals surface area contributed by atoms with E-state index >= 15 is 0 Å². The summed E-state index contributed by atoms with van der Waals surface area (Å²) in [6, 6.07) is 10.2. The van der Waals surface area contributed by atoms with Crippen molar-refractivity contribution < 1.29 is 18.8 Å². The SMILES string of the molecule is CN(Cc1ccc(F)c(B(O)O)c1)c1ccc(F)cc1. The maximum atomic E-state index is 13.3. The van der Waals surface area contributed by atoms with Crippen molar-refractivity contribution in [3.05, 3.63) is 59.7 Å². The number of halogens is 2. The summed E-state index contributed by atoms with van der Waals surface area (Å²) in [4.78, 5) is 1.85. The average molecular weight is 277 g/mol. The Morgan fingerprint density at radius 1 is 1.05 bits per heavy atom. The van der Waals surface area contributed by atoms with Crippen LogP contribution in [0.1, 0.15) is 5.56 Å². The summed E-state index contributed by atoms with van der Waals surface area (Å²) in [6.45, 7) is 0.436. The van der Waals surface area contributed by atoms with Gasteiger partial charge in [0.1, 0.15) is 11.6 Å². The molecule has 0 bridgehead atoms. The van der Waals surface area contributed by atoms with Crippen molar-refractivity contribution in [2.75, 3.05) is 11.9 Å². The largest absolute Gasteiger partial charge is 0.491 e. The van der Waals surface area contributed by atoms with E-state index < -0.39 is 12.9 Å². The number of hydrogen-bond acceptors (Lipinski definition) is 3. The van der Waals surface area contributed by atoms with Crippen LogP contribution in [-0.2, 0) is 6.54 Å². The molecule has 0 amide bonds. The quantitative estimate of drug-likeness (QED) is 0.827. The van der Waals surface area contributed by atoms with E-state index in [1.54, 1.807) is 18.2 Å². The molecular weight excluding hydrogens is 263 g/mol. The van der Waals surface area contributed by atoms with Crippen LogP contribution in [-0.4, -0.2) is 24.2 Å². The molecule has 0 aliphatic carbocycles. The molecule has 0 radical (unpaired) electrons. The van der Waals surface area contributed by atoms with Crippen molar-refractivity contribution in [3.8, 4) is 0 Å². The van der Waals surface area contributed by atoms with Crippen LogP contribution in [0, 0.1) is 11.6 Å². The zero-order valence-corrected chi connectivity index (χ0v) is 10.9. The van der Waals surface area contributed by atoms with E-state index in [1.165, 1.54) is 24.3 Å². The first kappa shape index (κ1) is 14.5. The third-order valence-corrected chi connectivity index (χ3v) is 3.03. The van der Waals surface area contributed by atoms with Crippen molar-refractivity contribution in [1.82, 2.24) is 0 Å². The Balaban J connectivity index is 2.17. The van der Waals surface area contributed by atoms with E-state index in [1.807, 2.05) is 11.9 Å². The predicted molar refractivity (Wildman–Crippen MR) is 74.7 cm³/mol. The zero-order chi connectivity index (χ0) is 14.7. The van der Waals surface area contributed by atoms with Crippen LogP contribution >= 0.6 is 0 Å². The van der Waals surface area contributed by atoms with Crippen molar-refractivity contribution in [2.45, 2.75) is 6.54 Å². The van der Waals surface area contributed by atoms with Crippen LogP contribution in [0.4, 0.5) is 14.5 Å². The maximum absolute atomic E-state index is 13.3. The minimum atomic E-state index is -1.84. The zero-order valence-electron chi connectivity index (χ0n) is 10.9. The van der Waals surface area contributed by atoms with E-state index in [0.717, 1.165) is 11.3 Å². The predicted octanol–water partition coefficient (Wildman–Crippen LogP) is 1.28. The topological polar surface area (TPSA) is 43.7 Å². The molecule has 104 valence electrons. The van der Waals surface area contributed by atoms with Crippen LogP contribution in [0.3, 0.4) is 0 Å². The van der Waals surface area contributed by atoms with Gasteiger partial charge in [-0.1, -0.05) is 12.1 Å². The van der Waals surface area contributed by atoms with Crippen LogP contribution in [0.25, 0.3) is 0 Å². The van der Waals surface area contributed by atoms with Gasteiger partial charge in [0.2, 0.25) is 0 Å². The minimum absolute atomic E-state index is 0.157. The lowest BCUT2D eigenvalue weighted by Gasteiger charge is -2.20. The second kappa shape index (κ2) is 6.03. The van der Waals surface area contributed by atoms with Crippen molar-refractivity contribution in [2.24, 2.45) is 0 Å². The molecule has 6 heteroatoms. The van der Waals surface area contributed by atoms with Gasteiger partial charge in [-0.3, -0.25) is 0 Å². The summed E-state index contributed by atoms with van der Waals surface area (Å²) in [6.07, 6.45) is 0. The Bertz CT molecular complexity index is 590. The maximum Gasteiger partial charge on any atom is 0.491 e. The molecule has 20 heavy (non-hydrogen) atoms. The Morgan fingerprint density at radius 3 is 2.30 bits per heavy atom. The van der Waals surface area contributed by atoms with Gasteiger partial charge in [0.15, 0.2) is 0 Å². The number of nitrogens with zero attached hydrogens (tertiary/aromatic N) is 1. The fraction of sp³-hybridized carbons (Fsp3) is 0.143. The summed E-state index contributed by atoms with van der Waals surface area (Å²) in [5, 5.41) is 18.1. The molecule has 0 fully saturated rings. The highest BCUT2D eigenvalue weighted by atomic mass is 19.1. The second-order valence-corrected chi connectivity index (χ2v) is 4.56. The van der Waals surface area contributed by atoms with Crippen molar-refractivity contribution in [1.29, 1.82) is 0 Å². The highest BCUT2D eigenvalue weighted by molar-refractivity contribution is 6.58. The Morgan fingerprint density at radius 2 is 1.70 bits per heavy atom. The van der Waals surface area contributed by atoms with Crippen molar-refractivity contribution >= 4 is 18.3 Å². The van der Waals surface area contributed by atoms with Gasteiger partial charge in [0, 0.05) is 24.7 Å². The van der Waals surface area contributed by atoms with E-state index in [4.69, 9.17) is 10.0 Å². The first-order valence-corrected chi connectivity index (χ1v) is 6.08. The molecule has 0 spiro atoms.